The van der Waals surface area contributed by atoms with Crippen molar-refractivity contribution in [3.8, 4) is 0 Å². The van der Waals surface area contributed by atoms with Crippen molar-refractivity contribution in [2.75, 3.05) is 32.2 Å². The van der Waals surface area contributed by atoms with Crippen LogP contribution in [0.25, 0.3) is 0 Å². The van der Waals surface area contributed by atoms with E-state index in [1.165, 1.54) is 0 Å². The number of ether oxygens (including phenoxy) is 2. The molecule has 0 unspecified atom stereocenters. The summed E-state index contributed by atoms with van der Waals surface area (Å²) in [6.45, 7) is 5.24. The zero-order chi connectivity index (χ0) is 10.3. The molecule has 0 aromatic carbocycles. The van der Waals surface area contributed by atoms with Gasteiger partial charge in [0.05, 0.1) is 13.2 Å². The second kappa shape index (κ2) is 6.49. The molecule has 1 saturated heterocycles. The van der Waals surface area contributed by atoms with Crippen LogP contribution in [0, 0.1) is 5.41 Å². The highest BCUT2D eigenvalue weighted by Gasteiger charge is 2.31. The van der Waals surface area contributed by atoms with Gasteiger partial charge in [0.15, 0.2) is 0 Å². The third kappa shape index (κ3) is 3.64. The van der Waals surface area contributed by atoms with Gasteiger partial charge >= 0.3 is 0 Å². The summed E-state index contributed by atoms with van der Waals surface area (Å²) >= 11 is 4.42. The molecule has 1 heterocycles. The van der Waals surface area contributed by atoms with Gasteiger partial charge in [0.2, 0.25) is 0 Å². The molecule has 1 fully saturated rings. The molecule has 1 rings (SSSR count). The predicted octanol–water partition coefficient (Wildman–Crippen LogP) is 2.31. The average molecular weight is 216 g/mol. The Morgan fingerprint density at radius 3 is 2.71 bits per heavy atom. The third-order valence-corrected chi connectivity index (χ3v) is 3.42. The SMILES string of the molecule is CC=CCOCC1(CS)CCOCC1. The average Bonchev–Trinajstić information content (AvgIpc) is 2.26. The summed E-state index contributed by atoms with van der Waals surface area (Å²) in [5, 5.41) is 0. The standard InChI is InChI=1S/C11H20O2S/c1-2-3-6-13-9-11(10-14)4-7-12-8-5-11/h2-3,14H,4-10H2,1H3. The van der Waals surface area contributed by atoms with Gasteiger partial charge in [-0.3, -0.25) is 0 Å². The Morgan fingerprint density at radius 1 is 1.43 bits per heavy atom. The summed E-state index contributed by atoms with van der Waals surface area (Å²) in [6, 6.07) is 0. The molecule has 0 aromatic rings. The maximum atomic E-state index is 5.62. The predicted molar refractivity (Wildman–Crippen MR) is 62.0 cm³/mol. The van der Waals surface area contributed by atoms with E-state index in [1.807, 2.05) is 19.1 Å². The van der Waals surface area contributed by atoms with Crippen LogP contribution in [-0.4, -0.2) is 32.2 Å². The van der Waals surface area contributed by atoms with Crippen LogP contribution >= 0.6 is 12.6 Å². The van der Waals surface area contributed by atoms with E-state index in [0.717, 1.165) is 38.4 Å². The second-order valence-electron chi connectivity index (χ2n) is 3.85. The lowest BCUT2D eigenvalue weighted by Gasteiger charge is -2.35. The van der Waals surface area contributed by atoms with Crippen LogP contribution in [0.5, 0.6) is 0 Å². The van der Waals surface area contributed by atoms with E-state index in [0.29, 0.717) is 6.61 Å². The first-order valence-electron chi connectivity index (χ1n) is 5.20. The van der Waals surface area contributed by atoms with E-state index >= 15 is 0 Å². The maximum Gasteiger partial charge on any atom is 0.0647 e. The quantitative estimate of drug-likeness (QED) is 0.432. The van der Waals surface area contributed by atoms with E-state index in [9.17, 15) is 0 Å². The number of allylic oxidation sites excluding steroid dienone is 1. The molecule has 0 radical (unpaired) electrons. The monoisotopic (exact) mass is 216 g/mol. The minimum Gasteiger partial charge on any atom is -0.381 e. The molecule has 0 spiro atoms. The van der Waals surface area contributed by atoms with Crippen molar-refractivity contribution >= 4 is 12.6 Å². The molecule has 0 atom stereocenters. The Morgan fingerprint density at radius 2 is 2.14 bits per heavy atom. The Bertz CT molecular complexity index is 174. The molecular formula is C11H20O2S. The molecule has 2 nitrogen and oxygen atoms in total. The molecule has 0 N–H and O–H groups in total. The van der Waals surface area contributed by atoms with Crippen LogP contribution in [0.3, 0.4) is 0 Å². The largest absolute Gasteiger partial charge is 0.381 e. The molecule has 0 aliphatic carbocycles. The highest BCUT2D eigenvalue weighted by atomic mass is 32.1. The summed E-state index contributed by atoms with van der Waals surface area (Å²) in [7, 11) is 0. The molecule has 14 heavy (non-hydrogen) atoms. The Kier molecular flexibility index (Phi) is 5.60. The fourth-order valence-corrected chi connectivity index (χ4v) is 2.00. The van der Waals surface area contributed by atoms with Crippen LogP contribution in [0.4, 0.5) is 0 Å². The molecule has 0 bridgehead atoms. The van der Waals surface area contributed by atoms with Gasteiger partial charge < -0.3 is 9.47 Å². The van der Waals surface area contributed by atoms with Crippen LogP contribution < -0.4 is 0 Å². The first kappa shape index (κ1) is 12.1. The van der Waals surface area contributed by atoms with E-state index in [-0.39, 0.29) is 5.41 Å². The minimum atomic E-state index is 0.253. The fraction of sp³-hybridized carbons (Fsp3) is 0.818. The second-order valence-corrected chi connectivity index (χ2v) is 4.17. The maximum absolute atomic E-state index is 5.62. The summed E-state index contributed by atoms with van der Waals surface area (Å²) in [5.41, 5.74) is 0.253. The smallest absolute Gasteiger partial charge is 0.0647 e. The Hall–Kier alpha value is 0.01000. The minimum absolute atomic E-state index is 0.253. The van der Waals surface area contributed by atoms with Gasteiger partial charge in [-0.25, -0.2) is 0 Å². The number of hydrogen-bond acceptors (Lipinski definition) is 3. The third-order valence-electron chi connectivity index (χ3n) is 2.75. The van der Waals surface area contributed by atoms with E-state index in [1.54, 1.807) is 0 Å². The van der Waals surface area contributed by atoms with E-state index in [4.69, 9.17) is 9.47 Å². The summed E-state index contributed by atoms with van der Waals surface area (Å²) in [4.78, 5) is 0. The van der Waals surface area contributed by atoms with Crippen molar-refractivity contribution in [2.24, 2.45) is 5.41 Å². The molecule has 3 heteroatoms. The number of thiol groups is 1. The highest BCUT2D eigenvalue weighted by Crippen LogP contribution is 2.31. The van der Waals surface area contributed by atoms with Crippen molar-refractivity contribution in [3.63, 3.8) is 0 Å². The molecule has 1 aliphatic rings. The van der Waals surface area contributed by atoms with E-state index < -0.39 is 0 Å². The number of rotatable bonds is 5. The first-order valence-corrected chi connectivity index (χ1v) is 5.84. The summed E-state index contributed by atoms with van der Waals surface area (Å²) in [5.74, 6) is 0.895. The summed E-state index contributed by atoms with van der Waals surface area (Å²) < 4.78 is 11.0. The van der Waals surface area contributed by atoms with Gasteiger partial charge in [-0.05, 0) is 25.5 Å². The zero-order valence-corrected chi connectivity index (χ0v) is 9.76. The molecule has 0 amide bonds. The lowest BCUT2D eigenvalue weighted by molar-refractivity contribution is -0.0213. The fourth-order valence-electron chi connectivity index (χ4n) is 1.59. The van der Waals surface area contributed by atoms with Gasteiger partial charge in [-0.1, -0.05) is 12.2 Å². The Balaban J connectivity index is 2.28. The van der Waals surface area contributed by atoms with Gasteiger partial charge in [0.1, 0.15) is 0 Å². The van der Waals surface area contributed by atoms with Crippen molar-refractivity contribution in [2.45, 2.75) is 19.8 Å². The zero-order valence-electron chi connectivity index (χ0n) is 8.87. The first-order chi connectivity index (χ1) is 6.83. The molecule has 1 aliphatic heterocycles. The van der Waals surface area contributed by atoms with Crippen molar-refractivity contribution in [1.29, 1.82) is 0 Å². The van der Waals surface area contributed by atoms with Crippen LogP contribution in [0.1, 0.15) is 19.8 Å². The van der Waals surface area contributed by atoms with Gasteiger partial charge in [-0.2, -0.15) is 12.6 Å². The van der Waals surface area contributed by atoms with Crippen LogP contribution in [0.2, 0.25) is 0 Å². The lowest BCUT2D eigenvalue weighted by Crippen LogP contribution is -2.35. The number of hydrogen-bond donors (Lipinski definition) is 1. The van der Waals surface area contributed by atoms with Gasteiger partial charge in [0.25, 0.3) is 0 Å². The van der Waals surface area contributed by atoms with Gasteiger partial charge in [0, 0.05) is 18.6 Å². The molecule has 0 aromatic heterocycles. The highest BCUT2D eigenvalue weighted by molar-refractivity contribution is 7.80. The van der Waals surface area contributed by atoms with Crippen LogP contribution in [-0.2, 0) is 9.47 Å². The summed E-state index contributed by atoms with van der Waals surface area (Å²) in [6.07, 6.45) is 6.20. The molecule has 0 saturated carbocycles. The van der Waals surface area contributed by atoms with Crippen LogP contribution in [0.15, 0.2) is 12.2 Å². The van der Waals surface area contributed by atoms with Crippen molar-refractivity contribution < 1.29 is 9.47 Å². The molecule has 82 valence electrons. The van der Waals surface area contributed by atoms with Crippen molar-refractivity contribution in [3.05, 3.63) is 12.2 Å². The van der Waals surface area contributed by atoms with Gasteiger partial charge in [-0.15, -0.1) is 0 Å². The Labute approximate surface area is 92.1 Å². The van der Waals surface area contributed by atoms with E-state index in [2.05, 4.69) is 12.6 Å². The topological polar surface area (TPSA) is 18.5 Å². The normalized spacial score (nSPS) is 21.6. The van der Waals surface area contributed by atoms with Crippen molar-refractivity contribution in [1.82, 2.24) is 0 Å². The molecular weight excluding hydrogens is 196 g/mol. The lowest BCUT2D eigenvalue weighted by atomic mass is 9.83.